The van der Waals surface area contributed by atoms with E-state index in [1.54, 1.807) is 19.2 Å². The minimum absolute atomic E-state index is 0.146. The van der Waals surface area contributed by atoms with Crippen LogP contribution in [0, 0.1) is 5.92 Å². The van der Waals surface area contributed by atoms with Gasteiger partial charge >= 0.3 is 0 Å². The van der Waals surface area contributed by atoms with Crippen LogP contribution >= 0.6 is 0 Å². The Morgan fingerprint density at radius 2 is 1.75 bits per heavy atom. The summed E-state index contributed by atoms with van der Waals surface area (Å²) in [4.78, 5) is 0. The van der Waals surface area contributed by atoms with Crippen LogP contribution in [0.2, 0.25) is 0 Å². The lowest BCUT2D eigenvalue weighted by Gasteiger charge is -2.24. The van der Waals surface area contributed by atoms with Gasteiger partial charge in [-0.05, 0) is 23.6 Å². The van der Waals surface area contributed by atoms with Crippen LogP contribution in [0.25, 0.3) is 0 Å². The summed E-state index contributed by atoms with van der Waals surface area (Å²) in [5, 5.41) is 13.3. The van der Waals surface area contributed by atoms with Gasteiger partial charge in [0.05, 0.1) is 13.2 Å². The molecule has 0 aliphatic carbocycles. The van der Waals surface area contributed by atoms with Crippen molar-refractivity contribution in [1.82, 2.24) is 0 Å². The van der Waals surface area contributed by atoms with Gasteiger partial charge < -0.3 is 15.2 Å². The molecule has 2 aromatic carbocycles. The fraction of sp³-hybridized carbons (Fsp3) is 0.294. The molecule has 1 unspecified atom stereocenters. The van der Waals surface area contributed by atoms with Gasteiger partial charge in [0.15, 0.2) is 11.5 Å². The van der Waals surface area contributed by atoms with E-state index in [1.165, 1.54) is 5.56 Å². The fourth-order valence-corrected chi connectivity index (χ4v) is 2.25. The van der Waals surface area contributed by atoms with Crippen molar-refractivity contribution in [1.29, 1.82) is 0 Å². The first-order chi connectivity index (χ1) is 9.61. The Balaban J connectivity index is 2.23. The zero-order valence-electron chi connectivity index (χ0n) is 12.1. The fourth-order valence-electron chi connectivity index (χ4n) is 2.25. The molecule has 0 aliphatic rings. The highest BCUT2D eigenvalue weighted by Crippen LogP contribution is 2.32. The van der Waals surface area contributed by atoms with E-state index < -0.39 is 0 Å². The molecule has 0 aromatic heterocycles. The van der Waals surface area contributed by atoms with Gasteiger partial charge in [-0.15, -0.1) is 0 Å². The molecule has 0 heterocycles. The first-order valence-corrected chi connectivity index (χ1v) is 6.80. The quantitative estimate of drug-likeness (QED) is 0.856. The van der Waals surface area contributed by atoms with E-state index in [-0.39, 0.29) is 11.8 Å². The predicted molar refractivity (Wildman–Crippen MR) is 82.3 cm³/mol. The lowest BCUT2D eigenvalue weighted by molar-refractivity contribution is 0.373. The van der Waals surface area contributed by atoms with Crippen molar-refractivity contribution < 1.29 is 9.84 Å². The molecule has 106 valence electrons. The number of anilines is 1. The first-order valence-electron chi connectivity index (χ1n) is 6.80. The molecule has 1 atom stereocenters. The third-order valence-electron chi connectivity index (χ3n) is 3.33. The van der Waals surface area contributed by atoms with Gasteiger partial charge in [-0.1, -0.05) is 44.2 Å². The Morgan fingerprint density at radius 3 is 2.30 bits per heavy atom. The number of hydrogen-bond donors (Lipinski definition) is 2. The van der Waals surface area contributed by atoms with E-state index in [9.17, 15) is 5.11 Å². The van der Waals surface area contributed by atoms with Crippen LogP contribution in [-0.2, 0) is 0 Å². The van der Waals surface area contributed by atoms with Crippen LogP contribution in [0.4, 0.5) is 5.69 Å². The Bertz CT molecular complexity index is 552. The monoisotopic (exact) mass is 271 g/mol. The van der Waals surface area contributed by atoms with Crippen LogP contribution in [0.1, 0.15) is 25.5 Å². The van der Waals surface area contributed by atoms with Crippen molar-refractivity contribution >= 4 is 5.69 Å². The van der Waals surface area contributed by atoms with Crippen LogP contribution in [0.5, 0.6) is 11.5 Å². The average molecular weight is 271 g/mol. The lowest BCUT2D eigenvalue weighted by Crippen LogP contribution is -2.16. The normalized spacial score (nSPS) is 12.2. The van der Waals surface area contributed by atoms with E-state index >= 15 is 0 Å². The molecule has 2 rings (SSSR count). The van der Waals surface area contributed by atoms with Crippen molar-refractivity contribution in [2.75, 3.05) is 12.4 Å². The van der Waals surface area contributed by atoms with Crippen molar-refractivity contribution in [2.24, 2.45) is 5.92 Å². The summed E-state index contributed by atoms with van der Waals surface area (Å²) >= 11 is 0. The topological polar surface area (TPSA) is 41.5 Å². The number of benzene rings is 2. The van der Waals surface area contributed by atoms with Gasteiger partial charge in [0.2, 0.25) is 0 Å². The number of rotatable bonds is 5. The smallest absolute Gasteiger partial charge is 0.160 e. The minimum Gasteiger partial charge on any atom is -0.504 e. The molecular weight excluding hydrogens is 250 g/mol. The van der Waals surface area contributed by atoms with Crippen LogP contribution < -0.4 is 10.1 Å². The largest absolute Gasteiger partial charge is 0.504 e. The zero-order chi connectivity index (χ0) is 14.5. The van der Waals surface area contributed by atoms with Gasteiger partial charge in [0.1, 0.15) is 0 Å². The Morgan fingerprint density at radius 1 is 1.05 bits per heavy atom. The van der Waals surface area contributed by atoms with Crippen LogP contribution in [0.3, 0.4) is 0 Å². The molecule has 0 spiro atoms. The first kappa shape index (κ1) is 14.3. The summed E-state index contributed by atoms with van der Waals surface area (Å²) in [6, 6.07) is 15.9. The molecule has 2 aromatic rings. The standard InChI is InChI=1S/C17H21NO2/c1-12(2)17(13-7-5-4-6-8-13)18-14-9-10-16(20-3)15(19)11-14/h4-12,17-19H,1-3H3. The Kier molecular flexibility index (Phi) is 4.51. The van der Waals surface area contributed by atoms with Gasteiger partial charge in [0, 0.05) is 11.8 Å². The number of hydrogen-bond acceptors (Lipinski definition) is 3. The van der Waals surface area contributed by atoms with Gasteiger partial charge in [-0.2, -0.15) is 0 Å². The highest BCUT2D eigenvalue weighted by molar-refractivity contribution is 5.55. The molecule has 0 amide bonds. The molecule has 0 saturated carbocycles. The summed E-state index contributed by atoms with van der Waals surface area (Å²) < 4.78 is 5.06. The van der Waals surface area contributed by atoms with E-state index in [1.807, 2.05) is 24.3 Å². The summed E-state index contributed by atoms with van der Waals surface area (Å²) in [5.41, 5.74) is 2.11. The van der Waals surface area contributed by atoms with Crippen molar-refractivity contribution in [3.63, 3.8) is 0 Å². The molecule has 0 radical (unpaired) electrons. The van der Waals surface area contributed by atoms with E-state index in [0.717, 1.165) is 5.69 Å². The average Bonchev–Trinajstić information content (AvgIpc) is 2.45. The van der Waals surface area contributed by atoms with Crippen molar-refractivity contribution in [3.05, 3.63) is 54.1 Å². The van der Waals surface area contributed by atoms with Gasteiger partial charge in [0.25, 0.3) is 0 Å². The Hall–Kier alpha value is -2.16. The number of methoxy groups -OCH3 is 1. The van der Waals surface area contributed by atoms with Gasteiger partial charge in [-0.25, -0.2) is 0 Å². The SMILES string of the molecule is COc1ccc(NC(c2ccccc2)C(C)C)cc1O. The minimum atomic E-state index is 0.146. The number of ether oxygens (including phenoxy) is 1. The van der Waals surface area contributed by atoms with E-state index in [4.69, 9.17) is 4.74 Å². The summed E-state index contributed by atoms with van der Waals surface area (Å²) in [6.45, 7) is 4.35. The molecule has 0 saturated heterocycles. The summed E-state index contributed by atoms with van der Waals surface area (Å²) in [6.07, 6.45) is 0. The maximum atomic E-state index is 9.85. The van der Waals surface area contributed by atoms with E-state index in [2.05, 4.69) is 31.3 Å². The number of phenolic OH excluding ortho intramolecular Hbond substituents is 1. The Labute approximate surface area is 120 Å². The molecule has 3 heteroatoms. The second kappa shape index (κ2) is 6.33. The molecule has 20 heavy (non-hydrogen) atoms. The highest BCUT2D eigenvalue weighted by Gasteiger charge is 2.15. The second-order valence-electron chi connectivity index (χ2n) is 5.16. The number of nitrogens with one attached hydrogen (secondary N) is 1. The summed E-state index contributed by atoms with van der Waals surface area (Å²) in [5.74, 6) is 1.06. The third-order valence-corrected chi connectivity index (χ3v) is 3.33. The highest BCUT2D eigenvalue weighted by atomic mass is 16.5. The number of aromatic hydroxyl groups is 1. The van der Waals surface area contributed by atoms with Gasteiger partial charge in [-0.3, -0.25) is 0 Å². The number of phenols is 1. The van der Waals surface area contributed by atoms with Crippen LogP contribution in [0.15, 0.2) is 48.5 Å². The van der Waals surface area contributed by atoms with Crippen LogP contribution in [-0.4, -0.2) is 12.2 Å². The predicted octanol–water partition coefficient (Wildman–Crippen LogP) is 4.21. The van der Waals surface area contributed by atoms with Crippen molar-refractivity contribution in [3.8, 4) is 11.5 Å². The molecule has 3 nitrogen and oxygen atoms in total. The molecule has 0 fully saturated rings. The molecule has 0 aliphatic heterocycles. The lowest BCUT2D eigenvalue weighted by atomic mass is 9.96. The van der Waals surface area contributed by atoms with E-state index in [0.29, 0.717) is 11.7 Å². The second-order valence-corrected chi connectivity index (χ2v) is 5.16. The molecule has 0 bridgehead atoms. The molecular formula is C17H21NO2. The summed E-state index contributed by atoms with van der Waals surface area (Å²) in [7, 11) is 1.54. The third kappa shape index (κ3) is 3.23. The molecule has 2 N–H and O–H groups in total. The maximum absolute atomic E-state index is 9.85. The van der Waals surface area contributed by atoms with Crippen molar-refractivity contribution in [2.45, 2.75) is 19.9 Å². The zero-order valence-corrected chi connectivity index (χ0v) is 12.1. The maximum Gasteiger partial charge on any atom is 0.160 e.